The molecule has 0 aliphatic rings. The molecule has 6 heteroatoms. The van der Waals surface area contributed by atoms with E-state index < -0.39 is 0 Å². The monoisotopic (exact) mass is 430 g/mol. The maximum atomic E-state index is 14.1. The van der Waals surface area contributed by atoms with E-state index in [9.17, 15) is 4.79 Å². The second-order valence-corrected chi connectivity index (χ2v) is 8.31. The minimum Gasteiger partial charge on any atom is -0.494 e. The summed E-state index contributed by atoms with van der Waals surface area (Å²) in [7, 11) is 1.63. The number of para-hydroxylation sites is 2. The van der Waals surface area contributed by atoms with Crippen molar-refractivity contribution in [2.24, 2.45) is 0 Å². The fraction of sp³-hybridized carbons (Fsp3) is 0.0741. The van der Waals surface area contributed by atoms with Crippen molar-refractivity contribution < 1.29 is 4.74 Å². The van der Waals surface area contributed by atoms with Crippen LogP contribution in [0.3, 0.4) is 0 Å². The van der Waals surface area contributed by atoms with Crippen LogP contribution in [0, 0.1) is 6.92 Å². The zero-order valence-electron chi connectivity index (χ0n) is 18.0. The van der Waals surface area contributed by atoms with Crippen LogP contribution in [0.25, 0.3) is 60.4 Å². The number of pyridine rings is 3. The smallest absolute Gasteiger partial charge is 0.265 e. The topological polar surface area (TPSA) is 72.3 Å². The maximum Gasteiger partial charge on any atom is 0.265 e. The van der Waals surface area contributed by atoms with Crippen molar-refractivity contribution in [2.75, 3.05) is 7.11 Å². The van der Waals surface area contributed by atoms with Crippen LogP contribution in [0.4, 0.5) is 0 Å². The predicted octanol–water partition coefficient (Wildman–Crippen LogP) is 5.45. The van der Waals surface area contributed by atoms with Crippen molar-refractivity contribution >= 4 is 49.1 Å². The Morgan fingerprint density at radius 3 is 2.58 bits per heavy atom. The number of hydrogen-bond acceptors (Lipinski definition) is 4. The molecule has 33 heavy (non-hydrogen) atoms. The van der Waals surface area contributed by atoms with E-state index in [-0.39, 0.29) is 5.56 Å². The lowest BCUT2D eigenvalue weighted by Crippen LogP contribution is -2.18. The van der Waals surface area contributed by atoms with Gasteiger partial charge in [-0.2, -0.15) is 0 Å². The summed E-state index contributed by atoms with van der Waals surface area (Å²) >= 11 is 0. The number of aromatic nitrogens is 4. The number of aromatic amines is 1. The fourth-order valence-electron chi connectivity index (χ4n) is 5.24. The van der Waals surface area contributed by atoms with Gasteiger partial charge in [0.25, 0.3) is 5.56 Å². The Hall–Kier alpha value is -4.45. The average Bonchev–Trinajstić information content (AvgIpc) is 3.40. The minimum atomic E-state index is -0.111. The van der Waals surface area contributed by atoms with Gasteiger partial charge >= 0.3 is 0 Å². The first kappa shape index (κ1) is 18.2. The summed E-state index contributed by atoms with van der Waals surface area (Å²) in [6.45, 7) is 1.95. The van der Waals surface area contributed by atoms with Crippen LogP contribution in [-0.4, -0.2) is 26.5 Å². The van der Waals surface area contributed by atoms with Crippen molar-refractivity contribution in [3.63, 3.8) is 0 Å². The molecular formula is C27H18N4O2. The number of nitrogens with one attached hydrogen (secondary N) is 1. The summed E-state index contributed by atoms with van der Waals surface area (Å²) in [5.41, 5.74) is 6.14. The molecule has 0 spiro atoms. The van der Waals surface area contributed by atoms with E-state index >= 15 is 0 Å². The first-order valence-electron chi connectivity index (χ1n) is 10.8. The molecule has 5 heterocycles. The number of aryl methyl sites for hydroxylation is 1. The summed E-state index contributed by atoms with van der Waals surface area (Å²) in [6.07, 6.45) is 3.51. The number of nitrogens with zero attached hydrogens (tertiary/aromatic N) is 3. The summed E-state index contributed by atoms with van der Waals surface area (Å²) < 4.78 is 7.39. The highest BCUT2D eigenvalue weighted by molar-refractivity contribution is 6.17. The van der Waals surface area contributed by atoms with Crippen molar-refractivity contribution in [2.45, 2.75) is 6.92 Å². The average molecular weight is 430 g/mol. The van der Waals surface area contributed by atoms with Crippen LogP contribution in [0.15, 0.2) is 71.8 Å². The summed E-state index contributed by atoms with van der Waals surface area (Å²) in [6, 6.07) is 18.0. The number of hydrogen-bond donors (Lipinski definition) is 1. The molecule has 0 unspecified atom stereocenters. The van der Waals surface area contributed by atoms with Gasteiger partial charge in [-0.1, -0.05) is 36.4 Å². The van der Waals surface area contributed by atoms with Crippen LogP contribution in [-0.2, 0) is 0 Å². The first-order valence-corrected chi connectivity index (χ1v) is 10.8. The largest absolute Gasteiger partial charge is 0.494 e. The molecule has 1 N–H and O–H groups in total. The van der Waals surface area contributed by atoms with E-state index in [1.165, 1.54) is 0 Å². The van der Waals surface area contributed by atoms with Gasteiger partial charge in [-0.05, 0) is 30.7 Å². The Labute approximate surface area is 187 Å². The second kappa shape index (κ2) is 6.29. The Morgan fingerprint density at radius 1 is 0.939 bits per heavy atom. The lowest BCUT2D eigenvalue weighted by Gasteiger charge is -2.11. The second-order valence-electron chi connectivity index (χ2n) is 8.31. The molecule has 7 rings (SSSR count). The molecule has 0 bridgehead atoms. The third kappa shape index (κ3) is 2.19. The summed E-state index contributed by atoms with van der Waals surface area (Å²) in [4.78, 5) is 27.0. The van der Waals surface area contributed by atoms with Gasteiger partial charge in [0.05, 0.1) is 46.3 Å². The molecular weight excluding hydrogens is 412 g/mol. The minimum absolute atomic E-state index is 0.111. The van der Waals surface area contributed by atoms with Gasteiger partial charge in [0.1, 0.15) is 11.4 Å². The number of fused-ring (bicyclic) bond motifs is 6. The van der Waals surface area contributed by atoms with Gasteiger partial charge in [-0.3, -0.25) is 19.2 Å². The van der Waals surface area contributed by atoms with Crippen molar-refractivity contribution in [3.8, 4) is 17.0 Å². The van der Waals surface area contributed by atoms with E-state index in [2.05, 4.69) is 16.0 Å². The van der Waals surface area contributed by atoms with Crippen LogP contribution >= 0.6 is 0 Å². The Balaban J connectivity index is 1.72. The lowest BCUT2D eigenvalue weighted by molar-refractivity contribution is 0.418. The van der Waals surface area contributed by atoms with Crippen molar-refractivity contribution in [1.29, 1.82) is 0 Å². The van der Waals surface area contributed by atoms with Crippen LogP contribution < -0.4 is 10.3 Å². The first-order chi connectivity index (χ1) is 16.2. The Morgan fingerprint density at radius 2 is 1.73 bits per heavy atom. The van der Waals surface area contributed by atoms with Gasteiger partial charge in [-0.15, -0.1) is 0 Å². The van der Waals surface area contributed by atoms with E-state index in [0.717, 1.165) is 54.7 Å². The van der Waals surface area contributed by atoms with E-state index in [4.69, 9.17) is 9.72 Å². The third-order valence-corrected chi connectivity index (χ3v) is 6.69. The number of H-pyrrole nitrogens is 1. The third-order valence-electron chi connectivity index (χ3n) is 6.69. The van der Waals surface area contributed by atoms with Crippen LogP contribution in [0.1, 0.15) is 5.56 Å². The SMILES string of the molecule is COc1cnc2c(C)c(-c3nccc4c3[nH]c3ccccc34)c(=O)n3c4ccccc4c1c23. The van der Waals surface area contributed by atoms with E-state index in [0.29, 0.717) is 17.0 Å². The van der Waals surface area contributed by atoms with Gasteiger partial charge in [0.15, 0.2) is 0 Å². The molecule has 2 aromatic carbocycles. The molecule has 0 aliphatic heterocycles. The van der Waals surface area contributed by atoms with E-state index in [1.807, 2.05) is 55.5 Å². The number of benzene rings is 2. The van der Waals surface area contributed by atoms with Gasteiger partial charge in [0.2, 0.25) is 0 Å². The molecule has 0 aliphatic carbocycles. The van der Waals surface area contributed by atoms with Gasteiger partial charge in [-0.25, -0.2) is 0 Å². The van der Waals surface area contributed by atoms with Crippen molar-refractivity contribution in [1.82, 2.24) is 19.4 Å². The molecule has 5 aromatic heterocycles. The quantitative estimate of drug-likeness (QED) is 0.396. The number of ether oxygens (including phenoxy) is 1. The van der Waals surface area contributed by atoms with Gasteiger partial charge < -0.3 is 9.72 Å². The zero-order valence-corrected chi connectivity index (χ0v) is 18.0. The number of methoxy groups -OCH3 is 1. The predicted molar refractivity (Wildman–Crippen MR) is 132 cm³/mol. The molecule has 0 fully saturated rings. The standard InChI is InChI=1S/C27H18N4O2/c1-14-21(25-24-16(11-12-28-25)15-7-3-5-9-18(15)30-24)27(32)31-19-10-6-4-8-17(19)22-20(33-2)13-29-23(14)26(22)31/h3-13,30H,1-2H3. The molecule has 0 radical (unpaired) electrons. The Bertz CT molecular complexity index is 1950. The van der Waals surface area contributed by atoms with E-state index in [1.54, 1.807) is 23.9 Å². The van der Waals surface area contributed by atoms with Crippen LogP contribution in [0.5, 0.6) is 5.75 Å². The lowest BCUT2D eigenvalue weighted by atomic mass is 10.0. The summed E-state index contributed by atoms with van der Waals surface area (Å²) in [5, 5.41) is 4.02. The highest BCUT2D eigenvalue weighted by Crippen LogP contribution is 2.39. The molecule has 0 saturated carbocycles. The zero-order chi connectivity index (χ0) is 22.3. The molecule has 0 atom stereocenters. The molecule has 6 nitrogen and oxygen atoms in total. The highest BCUT2D eigenvalue weighted by atomic mass is 16.5. The van der Waals surface area contributed by atoms with Crippen molar-refractivity contribution in [3.05, 3.63) is 82.9 Å². The normalized spacial score (nSPS) is 12.1. The van der Waals surface area contributed by atoms with Gasteiger partial charge in [0, 0.05) is 27.9 Å². The number of rotatable bonds is 2. The summed E-state index contributed by atoms with van der Waals surface area (Å²) in [5.74, 6) is 0.656. The molecule has 0 amide bonds. The molecule has 7 aromatic rings. The highest BCUT2D eigenvalue weighted by Gasteiger charge is 2.25. The molecule has 0 saturated heterocycles. The Kier molecular flexibility index (Phi) is 3.46. The maximum absolute atomic E-state index is 14.1. The fourth-order valence-corrected chi connectivity index (χ4v) is 5.24. The molecule has 158 valence electrons. The van der Waals surface area contributed by atoms with Crippen LogP contribution in [0.2, 0.25) is 0 Å².